The summed E-state index contributed by atoms with van der Waals surface area (Å²) in [4.78, 5) is 40.5. The van der Waals surface area contributed by atoms with E-state index < -0.39 is 0 Å². The first-order valence-corrected chi connectivity index (χ1v) is 15.3. The highest BCUT2D eigenvalue weighted by Gasteiger charge is 2.32. The van der Waals surface area contributed by atoms with Gasteiger partial charge in [-0.25, -0.2) is 9.97 Å². The molecule has 3 rings (SSSR count). The van der Waals surface area contributed by atoms with Crippen LogP contribution in [0.4, 0.5) is 5.82 Å². The summed E-state index contributed by atoms with van der Waals surface area (Å²) in [5, 5.41) is 4.03. The van der Waals surface area contributed by atoms with Gasteiger partial charge in [0.05, 0.1) is 5.52 Å². The van der Waals surface area contributed by atoms with Crippen molar-refractivity contribution >= 4 is 50.5 Å². The molecule has 0 aliphatic rings. The van der Waals surface area contributed by atoms with Gasteiger partial charge >= 0.3 is 0 Å². The smallest absolute Gasteiger partial charge is 0.222 e. The summed E-state index contributed by atoms with van der Waals surface area (Å²) in [5.41, 5.74) is 2.04. The first-order chi connectivity index (χ1) is 18.4. The topological polar surface area (TPSA) is 86.1 Å². The van der Waals surface area contributed by atoms with Crippen LogP contribution in [0.2, 0.25) is 0 Å². The number of carbonyl (C=O) groups excluding carboxylic acids is 2. The van der Waals surface area contributed by atoms with Crippen molar-refractivity contribution < 1.29 is 14.4 Å². The molecule has 39 heavy (non-hydrogen) atoms. The first kappa shape index (κ1) is 32.6. The number of pyridine rings is 1. The van der Waals surface area contributed by atoms with Gasteiger partial charge in [0.1, 0.15) is 23.5 Å². The Kier molecular flexibility index (Phi) is 12.3. The zero-order valence-corrected chi connectivity index (χ0v) is 26.3. The normalized spacial score (nSPS) is 11.8. The van der Waals surface area contributed by atoms with Crippen molar-refractivity contribution in [3.63, 3.8) is 0 Å². The standard InChI is InChI=1S/C29H42N4O3S.C2H6/c1-8-9-16-23-32-24-25(21-14-10-11-15-22(21)31-26(24)30-20(2)34)33(23)36-17-12-13-18-37-27(35)29(6,7)19-28(3,4)5;1-2/h10-11,14-15H,8-9,12-13,16-19H2,1-7H3,(H,30,31,34);1-2H3. The zero-order valence-electron chi connectivity index (χ0n) is 25.4. The van der Waals surface area contributed by atoms with Gasteiger partial charge in [0.25, 0.3) is 0 Å². The molecule has 0 saturated heterocycles. The number of anilines is 1. The Morgan fingerprint density at radius 1 is 1.03 bits per heavy atom. The number of aromatic nitrogens is 3. The first-order valence-electron chi connectivity index (χ1n) is 14.3. The lowest BCUT2D eigenvalue weighted by molar-refractivity contribution is -0.119. The summed E-state index contributed by atoms with van der Waals surface area (Å²) in [5.74, 6) is 1.87. The van der Waals surface area contributed by atoms with E-state index in [1.165, 1.54) is 18.7 Å². The van der Waals surface area contributed by atoms with E-state index >= 15 is 0 Å². The molecule has 0 spiro atoms. The van der Waals surface area contributed by atoms with Crippen LogP contribution in [0.5, 0.6) is 0 Å². The summed E-state index contributed by atoms with van der Waals surface area (Å²) in [6, 6.07) is 7.84. The number of carbonyl (C=O) groups is 2. The van der Waals surface area contributed by atoms with Crippen LogP contribution in [0.3, 0.4) is 0 Å². The van der Waals surface area contributed by atoms with Crippen molar-refractivity contribution in [1.29, 1.82) is 0 Å². The van der Waals surface area contributed by atoms with Crippen LogP contribution in [0.25, 0.3) is 21.9 Å². The lowest BCUT2D eigenvalue weighted by atomic mass is 9.77. The molecule has 2 aromatic heterocycles. The van der Waals surface area contributed by atoms with Crippen molar-refractivity contribution in [2.75, 3.05) is 17.7 Å². The molecule has 2 heterocycles. The van der Waals surface area contributed by atoms with Gasteiger partial charge in [-0.2, -0.15) is 4.73 Å². The Balaban J connectivity index is 0.00000260. The number of thioether (sulfide) groups is 1. The second kappa shape index (κ2) is 14.7. The molecule has 0 aliphatic heterocycles. The maximum absolute atomic E-state index is 12.8. The molecular weight excluding hydrogens is 508 g/mol. The zero-order chi connectivity index (χ0) is 29.2. The summed E-state index contributed by atoms with van der Waals surface area (Å²) < 4.78 is 1.84. The van der Waals surface area contributed by atoms with Crippen molar-refractivity contribution in [3.05, 3.63) is 30.1 Å². The molecule has 216 valence electrons. The second-order valence-corrected chi connectivity index (χ2v) is 12.6. The fraction of sp³-hybridized carbons (Fsp3) is 0.613. The Labute approximate surface area is 238 Å². The third-order valence-corrected chi connectivity index (χ3v) is 7.39. The largest absolute Gasteiger partial charge is 0.412 e. The summed E-state index contributed by atoms with van der Waals surface area (Å²) in [6.45, 7) is 18.8. The molecular formula is C31H48N4O3S. The number of hydrogen-bond acceptors (Lipinski definition) is 6. The molecule has 8 heteroatoms. The van der Waals surface area contributed by atoms with E-state index in [0.717, 1.165) is 66.5 Å². The average molecular weight is 557 g/mol. The summed E-state index contributed by atoms with van der Waals surface area (Å²) in [7, 11) is 0. The van der Waals surface area contributed by atoms with Crippen molar-refractivity contribution in [2.24, 2.45) is 10.8 Å². The van der Waals surface area contributed by atoms with Gasteiger partial charge in [-0.1, -0.05) is 91.8 Å². The van der Waals surface area contributed by atoms with E-state index in [9.17, 15) is 9.59 Å². The number of rotatable bonds is 12. The van der Waals surface area contributed by atoms with Crippen LogP contribution in [-0.4, -0.2) is 38.1 Å². The highest BCUT2D eigenvalue weighted by Crippen LogP contribution is 2.37. The highest BCUT2D eigenvalue weighted by molar-refractivity contribution is 8.13. The molecule has 0 saturated carbocycles. The Hall–Kier alpha value is -2.61. The van der Waals surface area contributed by atoms with Crippen molar-refractivity contribution in [1.82, 2.24) is 14.7 Å². The molecule has 0 bridgehead atoms. The Bertz CT molecular complexity index is 1240. The molecule has 1 N–H and O–H groups in total. The number of nitrogens with zero attached hydrogens (tertiary/aromatic N) is 3. The molecule has 0 atom stereocenters. The van der Waals surface area contributed by atoms with Gasteiger partial charge in [0.2, 0.25) is 5.91 Å². The number of hydrogen-bond donors (Lipinski definition) is 1. The van der Waals surface area contributed by atoms with E-state index in [4.69, 9.17) is 9.82 Å². The molecule has 7 nitrogen and oxygen atoms in total. The van der Waals surface area contributed by atoms with E-state index in [1.54, 1.807) is 0 Å². The summed E-state index contributed by atoms with van der Waals surface area (Å²) >= 11 is 1.44. The quantitative estimate of drug-likeness (QED) is 0.229. The molecule has 1 aromatic carbocycles. The minimum Gasteiger partial charge on any atom is -0.412 e. The van der Waals surface area contributed by atoms with Crippen LogP contribution >= 0.6 is 11.8 Å². The maximum Gasteiger partial charge on any atom is 0.222 e. The van der Waals surface area contributed by atoms with Crippen LogP contribution < -0.4 is 10.2 Å². The van der Waals surface area contributed by atoms with Gasteiger partial charge in [0.15, 0.2) is 10.9 Å². The molecule has 1 amide bonds. The van der Waals surface area contributed by atoms with Gasteiger partial charge in [-0.3, -0.25) is 9.59 Å². The van der Waals surface area contributed by atoms with Crippen LogP contribution in [-0.2, 0) is 16.0 Å². The minimum atomic E-state index is -0.329. The number of aryl methyl sites for hydroxylation is 1. The minimum absolute atomic E-state index is 0.121. The second-order valence-electron chi connectivity index (χ2n) is 11.6. The van der Waals surface area contributed by atoms with Crippen LogP contribution in [0.15, 0.2) is 24.3 Å². The molecule has 0 unspecified atom stereocenters. The van der Waals surface area contributed by atoms with Crippen molar-refractivity contribution in [3.8, 4) is 0 Å². The number of fused-ring (bicyclic) bond motifs is 3. The van der Waals surface area contributed by atoms with E-state index in [-0.39, 0.29) is 21.9 Å². The fourth-order valence-corrected chi connectivity index (χ4v) is 5.80. The third-order valence-electron chi connectivity index (χ3n) is 6.08. The molecule has 3 aromatic rings. The van der Waals surface area contributed by atoms with Crippen LogP contribution in [0.1, 0.15) is 100 Å². The van der Waals surface area contributed by atoms with E-state index in [0.29, 0.717) is 17.9 Å². The number of benzene rings is 1. The fourth-order valence-electron chi connectivity index (χ4n) is 4.80. The number of unbranched alkanes of at least 4 members (excludes halogenated alkanes) is 2. The third kappa shape index (κ3) is 9.23. The van der Waals surface area contributed by atoms with E-state index in [1.807, 2.05) is 56.7 Å². The van der Waals surface area contributed by atoms with Gasteiger partial charge in [0, 0.05) is 29.9 Å². The monoisotopic (exact) mass is 556 g/mol. The van der Waals surface area contributed by atoms with E-state index in [2.05, 4.69) is 38.0 Å². The lowest BCUT2D eigenvalue weighted by Gasteiger charge is -2.30. The number of amides is 1. The molecule has 0 radical (unpaired) electrons. The maximum atomic E-state index is 12.8. The Morgan fingerprint density at radius 3 is 2.36 bits per heavy atom. The van der Waals surface area contributed by atoms with Gasteiger partial charge < -0.3 is 10.2 Å². The predicted molar refractivity (Wildman–Crippen MR) is 165 cm³/mol. The number of imidazole rings is 1. The predicted octanol–water partition coefficient (Wildman–Crippen LogP) is 7.84. The average Bonchev–Trinajstić information content (AvgIpc) is 3.23. The summed E-state index contributed by atoms with van der Waals surface area (Å²) in [6.07, 6.45) is 5.37. The van der Waals surface area contributed by atoms with Gasteiger partial charge in [-0.05, 0) is 37.2 Å². The highest BCUT2D eigenvalue weighted by atomic mass is 32.2. The molecule has 0 aliphatic carbocycles. The Morgan fingerprint density at radius 2 is 1.72 bits per heavy atom. The number of para-hydroxylation sites is 1. The molecule has 0 fully saturated rings. The van der Waals surface area contributed by atoms with Gasteiger partial charge in [-0.15, -0.1) is 0 Å². The SMILES string of the molecule is CC.CCCCc1nc2c(NC(C)=O)nc3ccccc3c2n1OCCCCSC(=O)C(C)(C)CC(C)(C)C. The van der Waals surface area contributed by atoms with Crippen LogP contribution in [0, 0.1) is 10.8 Å². The van der Waals surface area contributed by atoms with Crippen molar-refractivity contribution in [2.45, 2.75) is 101 Å². The number of nitrogens with one attached hydrogen (secondary N) is 1. The lowest BCUT2D eigenvalue weighted by Crippen LogP contribution is -2.27.